The second-order valence-electron chi connectivity index (χ2n) is 14.7. The topological polar surface area (TPSA) is 123 Å². The predicted molar refractivity (Wildman–Crippen MR) is 186 cm³/mol. The Balaban J connectivity index is 1.14. The number of para-hydroxylation sites is 1. The Labute approximate surface area is 293 Å². The molecule has 0 aliphatic carbocycles. The van der Waals surface area contributed by atoms with Crippen molar-refractivity contribution in [1.29, 1.82) is 0 Å². The zero-order chi connectivity index (χ0) is 34.6. The second kappa shape index (κ2) is 10.6. The van der Waals surface area contributed by atoms with Crippen LogP contribution >= 0.6 is 0 Å². The first kappa shape index (κ1) is 30.1. The molecule has 0 aromatic heterocycles. The molecule has 256 valence electrons. The summed E-state index contributed by atoms with van der Waals surface area (Å²) >= 11 is 0. The molecule has 4 aromatic carbocycles. The lowest BCUT2D eigenvalue weighted by Gasteiger charge is -2.48. The lowest BCUT2D eigenvalue weighted by molar-refractivity contribution is -0.149. The van der Waals surface area contributed by atoms with E-state index in [1.807, 2.05) is 84.9 Å². The number of halogens is 1. The third kappa shape index (κ3) is 3.91. The van der Waals surface area contributed by atoms with Gasteiger partial charge in [0.2, 0.25) is 23.6 Å². The highest BCUT2D eigenvalue weighted by Gasteiger charge is 2.78. The molecule has 4 saturated heterocycles. The Morgan fingerprint density at radius 1 is 0.569 bits per heavy atom. The number of hydrogen-bond donors (Lipinski definition) is 4. The van der Waals surface area contributed by atoms with Crippen LogP contribution in [-0.2, 0) is 42.8 Å². The van der Waals surface area contributed by atoms with Crippen molar-refractivity contribution in [3.8, 4) is 0 Å². The standard InChI is InChI=1S/C40H35FN6O4/c41-25-15-9-17-27-32(25)40(21-31-34(49)43-29(19-23-12-5-2-6-13-23)36(51)47(31)38(40)45-27)39-20-30-33(48)42-28(18-22-10-3-1-4-11-22)35(50)46(30)37(39)44-26-16-8-7-14-24(26)39/h1-17,28-31,37-38,44-45H,18-21H2,(H,42,48)(H,43,49)/t28-,29-,30-,31-,37+,38+,39-,40+/m0/s1. The van der Waals surface area contributed by atoms with Crippen LogP contribution in [0.2, 0.25) is 0 Å². The number of nitrogens with zero attached hydrogens (tertiary/aromatic N) is 2. The van der Waals surface area contributed by atoms with Gasteiger partial charge in [-0.25, -0.2) is 4.39 Å². The molecule has 4 fully saturated rings. The molecular weight excluding hydrogens is 647 g/mol. The zero-order valence-corrected chi connectivity index (χ0v) is 27.5. The van der Waals surface area contributed by atoms with E-state index >= 15 is 4.39 Å². The molecule has 0 radical (unpaired) electrons. The van der Waals surface area contributed by atoms with E-state index in [1.54, 1.807) is 21.9 Å². The van der Waals surface area contributed by atoms with E-state index in [2.05, 4.69) is 21.3 Å². The van der Waals surface area contributed by atoms with Gasteiger partial charge in [0, 0.05) is 29.8 Å². The number of fused-ring (bicyclic) bond motifs is 11. The molecule has 6 heterocycles. The van der Waals surface area contributed by atoms with E-state index in [4.69, 9.17) is 0 Å². The largest absolute Gasteiger partial charge is 0.364 e. The summed E-state index contributed by atoms with van der Waals surface area (Å²) in [5.74, 6) is -1.52. The van der Waals surface area contributed by atoms with Crippen molar-refractivity contribution in [1.82, 2.24) is 20.4 Å². The molecule has 0 bridgehead atoms. The van der Waals surface area contributed by atoms with Crippen LogP contribution in [0.5, 0.6) is 0 Å². The molecule has 8 atom stereocenters. The molecule has 10 rings (SSSR count). The number of amides is 4. The summed E-state index contributed by atoms with van der Waals surface area (Å²) < 4.78 is 16.7. The summed E-state index contributed by atoms with van der Waals surface area (Å²) in [6, 6.07) is 28.3. The predicted octanol–water partition coefficient (Wildman–Crippen LogP) is 3.19. The summed E-state index contributed by atoms with van der Waals surface area (Å²) in [5, 5.41) is 13.2. The molecule has 4 N–H and O–H groups in total. The lowest BCUT2D eigenvalue weighted by Crippen LogP contribution is -2.67. The maximum absolute atomic E-state index is 16.7. The summed E-state index contributed by atoms with van der Waals surface area (Å²) in [6.07, 6.45) is -0.687. The first-order valence-corrected chi connectivity index (χ1v) is 17.6. The highest BCUT2D eigenvalue weighted by atomic mass is 19.1. The molecule has 11 heteroatoms. The van der Waals surface area contributed by atoms with E-state index < -0.39 is 53.1 Å². The van der Waals surface area contributed by atoms with Crippen molar-refractivity contribution in [2.45, 2.75) is 73.0 Å². The fourth-order valence-electron chi connectivity index (χ4n) is 10.4. The van der Waals surface area contributed by atoms with E-state index in [1.165, 1.54) is 6.07 Å². The maximum atomic E-state index is 16.7. The maximum Gasteiger partial charge on any atom is 0.247 e. The highest BCUT2D eigenvalue weighted by Crippen LogP contribution is 2.69. The second-order valence-corrected chi connectivity index (χ2v) is 14.7. The number of piperazine rings is 2. The van der Waals surface area contributed by atoms with Gasteiger partial charge in [-0.15, -0.1) is 0 Å². The van der Waals surface area contributed by atoms with Crippen LogP contribution in [0.15, 0.2) is 103 Å². The molecule has 4 aromatic rings. The monoisotopic (exact) mass is 682 g/mol. The van der Waals surface area contributed by atoms with Gasteiger partial charge in [-0.1, -0.05) is 84.9 Å². The Morgan fingerprint density at radius 3 is 1.67 bits per heavy atom. The van der Waals surface area contributed by atoms with Gasteiger partial charge in [0.05, 0.1) is 10.8 Å². The molecule has 10 nitrogen and oxygen atoms in total. The molecule has 51 heavy (non-hydrogen) atoms. The SMILES string of the molecule is O=C1N[C@@H](Cc2ccccc2)C(=O)N2[C@H]3Nc4ccccc4[C@@]3([C@@]34C[C@H]5C(=O)N[C@@H](Cc6ccccc6)C(=O)N5[C@H]3Nc3cccc(F)c34)C[C@@H]12. The molecule has 6 aliphatic heterocycles. The lowest BCUT2D eigenvalue weighted by atomic mass is 9.54. The van der Waals surface area contributed by atoms with Crippen LogP contribution in [0, 0.1) is 5.82 Å². The Bertz CT molecular complexity index is 2150. The average molecular weight is 683 g/mol. The fourth-order valence-corrected chi connectivity index (χ4v) is 10.4. The number of anilines is 2. The summed E-state index contributed by atoms with van der Waals surface area (Å²) in [4.78, 5) is 60.9. The average Bonchev–Trinajstić information content (AvgIpc) is 3.85. The molecule has 0 saturated carbocycles. The first-order valence-electron chi connectivity index (χ1n) is 17.6. The van der Waals surface area contributed by atoms with Crippen LogP contribution in [0.3, 0.4) is 0 Å². The minimum absolute atomic E-state index is 0.102. The minimum atomic E-state index is -1.25. The first-order chi connectivity index (χ1) is 24.8. The van der Waals surface area contributed by atoms with E-state index in [-0.39, 0.29) is 36.5 Å². The van der Waals surface area contributed by atoms with Crippen LogP contribution < -0.4 is 21.3 Å². The Hall–Kier alpha value is -5.71. The number of hydrogen-bond acceptors (Lipinski definition) is 6. The molecule has 0 unspecified atom stereocenters. The van der Waals surface area contributed by atoms with Crippen molar-refractivity contribution in [2.24, 2.45) is 0 Å². The zero-order valence-electron chi connectivity index (χ0n) is 27.5. The van der Waals surface area contributed by atoms with Gasteiger partial charge in [0.25, 0.3) is 0 Å². The number of benzene rings is 4. The molecule has 6 aliphatic rings. The summed E-state index contributed by atoms with van der Waals surface area (Å²) in [5.41, 5.74) is 1.99. The van der Waals surface area contributed by atoms with E-state index in [0.29, 0.717) is 24.1 Å². The van der Waals surface area contributed by atoms with Gasteiger partial charge in [0.1, 0.15) is 42.3 Å². The van der Waals surface area contributed by atoms with Crippen LogP contribution in [0.4, 0.5) is 15.8 Å². The summed E-state index contributed by atoms with van der Waals surface area (Å²) in [7, 11) is 0. The molecule has 0 spiro atoms. The molecular formula is C40H35FN6O4. The fraction of sp³-hybridized carbons (Fsp3) is 0.300. The smallest absolute Gasteiger partial charge is 0.247 e. The number of carbonyl (C=O) groups is 4. The van der Waals surface area contributed by atoms with Crippen molar-refractivity contribution >= 4 is 35.0 Å². The van der Waals surface area contributed by atoms with E-state index in [9.17, 15) is 19.2 Å². The Morgan fingerprint density at radius 2 is 1.06 bits per heavy atom. The van der Waals surface area contributed by atoms with Gasteiger partial charge >= 0.3 is 0 Å². The van der Waals surface area contributed by atoms with Crippen LogP contribution in [0.25, 0.3) is 0 Å². The third-order valence-electron chi connectivity index (χ3n) is 12.3. The highest BCUT2D eigenvalue weighted by molar-refractivity contribution is 6.01. The van der Waals surface area contributed by atoms with Gasteiger partial charge in [0.15, 0.2) is 0 Å². The number of carbonyl (C=O) groups excluding carboxylic acids is 4. The van der Waals surface area contributed by atoms with Crippen molar-refractivity contribution in [2.75, 3.05) is 10.6 Å². The normalized spacial score (nSPS) is 32.5. The molecule has 4 amide bonds. The van der Waals surface area contributed by atoms with E-state index in [0.717, 1.165) is 22.4 Å². The van der Waals surface area contributed by atoms with Gasteiger partial charge in [-0.3, -0.25) is 19.2 Å². The summed E-state index contributed by atoms with van der Waals surface area (Å²) in [6.45, 7) is 0. The Kier molecular flexibility index (Phi) is 6.29. The minimum Gasteiger partial charge on any atom is -0.364 e. The van der Waals surface area contributed by atoms with Crippen molar-refractivity contribution in [3.63, 3.8) is 0 Å². The number of rotatable bonds is 5. The van der Waals surface area contributed by atoms with Gasteiger partial charge in [-0.2, -0.15) is 0 Å². The third-order valence-corrected chi connectivity index (χ3v) is 12.3. The van der Waals surface area contributed by atoms with Gasteiger partial charge < -0.3 is 31.1 Å². The number of nitrogens with one attached hydrogen (secondary N) is 4. The van der Waals surface area contributed by atoms with Crippen LogP contribution in [0.1, 0.15) is 35.1 Å². The van der Waals surface area contributed by atoms with Crippen LogP contribution in [-0.4, -0.2) is 69.9 Å². The van der Waals surface area contributed by atoms with Gasteiger partial charge in [-0.05, 0) is 47.7 Å². The van der Waals surface area contributed by atoms with Crippen molar-refractivity contribution < 1.29 is 23.6 Å². The quantitative estimate of drug-likeness (QED) is 0.257. The van der Waals surface area contributed by atoms with Crippen molar-refractivity contribution in [3.05, 3.63) is 131 Å².